The van der Waals surface area contributed by atoms with Crippen molar-refractivity contribution in [1.29, 1.82) is 0 Å². The van der Waals surface area contributed by atoms with Crippen LogP contribution in [0.1, 0.15) is 38.5 Å². The smallest absolute Gasteiger partial charge is 0.0615 e. The van der Waals surface area contributed by atoms with Gasteiger partial charge in [-0.2, -0.15) is 0 Å². The van der Waals surface area contributed by atoms with E-state index in [4.69, 9.17) is 0 Å². The summed E-state index contributed by atoms with van der Waals surface area (Å²) in [5.74, 6) is 0. The Morgan fingerprint density at radius 2 is 1.43 bits per heavy atom. The van der Waals surface area contributed by atoms with Crippen molar-refractivity contribution in [3.05, 3.63) is 0 Å². The van der Waals surface area contributed by atoms with E-state index >= 15 is 0 Å². The van der Waals surface area contributed by atoms with Crippen molar-refractivity contribution in [3.63, 3.8) is 0 Å². The molecule has 2 nitrogen and oxygen atoms in total. The van der Waals surface area contributed by atoms with Crippen LogP contribution in [0.5, 0.6) is 0 Å². The molecule has 4 aliphatic rings. The molecule has 0 aromatic carbocycles. The van der Waals surface area contributed by atoms with Crippen LogP contribution in [0, 0.1) is 10.8 Å². The van der Waals surface area contributed by atoms with Crippen LogP contribution in [0.3, 0.4) is 0 Å². The number of nitrogens with zero attached hydrogens (tertiary/aromatic N) is 1. The second-order valence-corrected chi connectivity index (χ2v) is 6.59. The van der Waals surface area contributed by atoms with E-state index < -0.39 is 0 Å². The number of fused-ring (bicyclic) bond motifs is 1. The van der Waals surface area contributed by atoms with Gasteiger partial charge in [0.1, 0.15) is 0 Å². The molecule has 2 heteroatoms. The van der Waals surface area contributed by atoms with Crippen molar-refractivity contribution in [1.82, 2.24) is 4.90 Å². The third-order valence-electron chi connectivity index (χ3n) is 5.34. The first-order chi connectivity index (χ1) is 6.70. The maximum Gasteiger partial charge on any atom is 0.0615 e. The standard InChI is InChI=1S/C12H19NO/c14-9-12-5-10(1-2-10)7-13(12)8-11(6-12)3-4-11/h14H,1-9H2. The van der Waals surface area contributed by atoms with Crippen LogP contribution in [0.25, 0.3) is 0 Å². The van der Waals surface area contributed by atoms with E-state index in [0.29, 0.717) is 17.4 Å². The van der Waals surface area contributed by atoms with E-state index in [9.17, 15) is 5.11 Å². The third kappa shape index (κ3) is 0.849. The minimum Gasteiger partial charge on any atom is -0.394 e. The zero-order chi connectivity index (χ0) is 9.44. The van der Waals surface area contributed by atoms with E-state index in [2.05, 4.69) is 4.90 Å². The van der Waals surface area contributed by atoms with E-state index in [0.717, 1.165) is 0 Å². The fourth-order valence-corrected chi connectivity index (χ4v) is 4.23. The van der Waals surface area contributed by atoms with Gasteiger partial charge in [-0.3, -0.25) is 4.90 Å². The first-order valence-corrected chi connectivity index (χ1v) is 6.06. The Balaban J connectivity index is 1.68. The number of hydrogen-bond donors (Lipinski definition) is 1. The molecule has 2 heterocycles. The van der Waals surface area contributed by atoms with Gasteiger partial charge in [0.05, 0.1) is 6.61 Å². The fraction of sp³-hybridized carbons (Fsp3) is 1.00. The largest absolute Gasteiger partial charge is 0.394 e. The van der Waals surface area contributed by atoms with Gasteiger partial charge >= 0.3 is 0 Å². The summed E-state index contributed by atoms with van der Waals surface area (Å²) in [7, 11) is 0. The monoisotopic (exact) mass is 193 g/mol. The van der Waals surface area contributed by atoms with Crippen molar-refractivity contribution in [3.8, 4) is 0 Å². The van der Waals surface area contributed by atoms with Crippen molar-refractivity contribution >= 4 is 0 Å². The highest BCUT2D eigenvalue weighted by Gasteiger charge is 2.66. The van der Waals surface area contributed by atoms with Crippen LogP contribution in [0.15, 0.2) is 0 Å². The lowest BCUT2D eigenvalue weighted by atomic mass is 9.85. The maximum absolute atomic E-state index is 9.71. The molecule has 2 saturated heterocycles. The Morgan fingerprint density at radius 3 is 1.71 bits per heavy atom. The molecule has 2 saturated carbocycles. The molecule has 0 unspecified atom stereocenters. The molecule has 2 spiro atoms. The van der Waals surface area contributed by atoms with Crippen LogP contribution >= 0.6 is 0 Å². The van der Waals surface area contributed by atoms with Crippen molar-refractivity contribution in [2.75, 3.05) is 19.7 Å². The second kappa shape index (κ2) is 2.05. The summed E-state index contributed by atoms with van der Waals surface area (Å²) < 4.78 is 0. The highest BCUT2D eigenvalue weighted by molar-refractivity contribution is 5.20. The molecule has 0 aromatic rings. The minimum absolute atomic E-state index is 0.229. The molecule has 0 amide bonds. The van der Waals surface area contributed by atoms with Gasteiger partial charge in [-0.15, -0.1) is 0 Å². The fourth-order valence-electron chi connectivity index (χ4n) is 4.23. The summed E-state index contributed by atoms with van der Waals surface area (Å²) in [5, 5.41) is 9.71. The number of hydrogen-bond acceptors (Lipinski definition) is 2. The Labute approximate surface area is 85.3 Å². The van der Waals surface area contributed by atoms with Gasteiger partial charge in [0.2, 0.25) is 0 Å². The predicted molar refractivity (Wildman–Crippen MR) is 54.0 cm³/mol. The number of aliphatic hydroxyl groups excluding tert-OH is 1. The summed E-state index contributed by atoms with van der Waals surface area (Å²) in [5.41, 5.74) is 1.56. The van der Waals surface area contributed by atoms with Gasteiger partial charge in [0.15, 0.2) is 0 Å². The molecule has 1 N–H and O–H groups in total. The molecule has 0 radical (unpaired) electrons. The number of aliphatic hydroxyl groups is 1. The van der Waals surface area contributed by atoms with Crippen LogP contribution in [-0.2, 0) is 0 Å². The minimum atomic E-state index is 0.229. The van der Waals surface area contributed by atoms with E-state index in [1.807, 2.05) is 0 Å². The zero-order valence-corrected chi connectivity index (χ0v) is 8.76. The SMILES string of the molecule is OCC12CC3(CC3)CN1CC1(CC1)C2. The zero-order valence-electron chi connectivity index (χ0n) is 8.76. The van der Waals surface area contributed by atoms with Crippen LogP contribution in [-0.4, -0.2) is 35.2 Å². The average Bonchev–Trinajstić information content (AvgIpc) is 2.98. The van der Waals surface area contributed by atoms with Gasteiger partial charge in [-0.1, -0.05) is 0 Å². The van der Waals surface area contributed by atoms with E-state index in [-0.39, 0.29) is 5.54 Å². The molecular weight excluding hydrogens is 174 g/mol. The Kier molecular flexibility index (Phi) is 1.19. The molecule has 2 aliphatic carbocycles. The maximum atomic E-state index is 9.71. The lowest BCUT2D eigenvalue weighted by Crippen LogP contribution is -2.41. The summed E-state index contributed by atoms with van der Waals surface area (Å²) in [6, 6.07) is 0. The lowest BCUT2D eigenvalue weighted by Gasteiger charge is -2.29. The van der Waals surface area contributed by atoms with Gasteiger partial charge in [-0.05, 0) is 49.4 Å². The van der Waals surface area contributed by atoms with E-state index in [1.54, 1.807) is 0 Å². The first kappa shape index (κ1) is 8.12. The topological polar surface area (TPSA) is 23.5 Å². The van der Waals surface area contributed by atoms with Gasteiger partial charge < -0.3 is 5.11 Å². The number of rotatable bonds is 1. The predicted octanol–water partition coefficient (Wildman–Crippen LogP) is 1.39. The molecule has 14 heavy (non-hydrogen) atoms. The molecule has 0 aromatic heterocycles. The molecule has 0 atom stereocenters. The summed E-state index contributed by atoms with van der Waals surface area (Å²) in [6.07, 6.45) is 8.32. The highest BCUT2D eigenvalue weighted by Crippen LogP contribution is 2.67. The molecule has 2 aliphatic heterocycles. The summed E-state index contributed by atoms with van der Waals surface area (Å²) in [4.78, 5) is 2.65. The van der Waals surface area contributed by atoms with E-state index in [1.165, 1.54) is 51.6 Å². The first-order valence-electron chi connectivity index (χ1n) is 6.06. The average molecular weight is 193 g/mol. The normalized spacial score (nSPS) is 39.2. The Hall–Kier alpha value is -0.0800. The lowest BCUT2D eigenvalue weighted by molar-refractivity contribution is 0.0995. The van der Waals surface area contributed by atoms with Gasteiger partial charge in [0.25, 0.3) is 0 Å². The summed E-state index contributed by atoms with van der Waals surface area (Å²) >= 11 is 0. The second-order valence-electron chi connectivity index (χ2n) is 6.59. The van der Waals surface area contributed by atoms with Gasteiger partial charge in [0, 0.05) is 18.6 Å². The molecule has 78 valence electrons. The highest BCUT2D eigenvalue weighted by atomic mass is 16.3. The van der Waals surface area contributed by atoms with Crippen molar-refractivity contribution < 1.29 is 5.11 Å². The Bertz CT molecular complexity index is 267. The van der Waals surface area contributed by atoms with Crippen LogP contribution in [0.2, 0.25) is 0 Å². The van der Waals surface area contributed by atoms with Crippen LogP contribution in [0.4, 0.5) is 0 Å². The molecule has 4 rings (SSSR count). The van der Waals surface area contributed by atoms with Crippen molar-refractivity contribution in [2.24, 2.45) is 10.8 Å². The van der Waals surface area contributed by atoms with Crippen LogP contribution < -0.4 is 0 Å². The van der Waals surface area contributed by atoms with Crippen molar-refractivity contribution in [2.45, 2.75) is 44.1 Å². The Morgan fingerprint density at radius 1 is 0.929 bits per heavy atom. The molecule has 0 bridgehead atoms. The molecular formula is C12H19NO. The molecule has 4 fully saturated rings. The quantitative estimate of drug-likeness (QED) is 0.680. The van der Waals surface area contributed by atoms with Gasteiger partial charge in [-0.25, -0.2) is 0 Å². The third-order valence-corrected chi connectivity index (χ3v) is 5.34. The summed E-state index contributed by atoms with van der Waals surface area (Å²) in [6.45, 7) is 3.01.